The van der Waals surface area contributed by atoms with Crippen molar-refractivity contribution in [3.05, 3.63) is 11.6 Å². The first kappa shape index (κ1) is 10.4. The van der Waals surface area contributed by atoms with Gasteiger partial charge < -0.3 is 5.32 Å². The van der Waals surface area contributed by atoms with Crippen LogP contribution < -0.4 is 10.2 Å². The van der Waals surface area contributed by atoms with Crippen LogP contribution in [-0.2, 0) is 9.84 Å². The van der Waals surface area contributed by atoms with Gasteiger partial charge in [-0.1, -0.05) is 0 Å². The van der Waals surface area contributed by atoms with Gasteiger partial charge in [-0.2, -0.15) is 0 Å². The van der Waals surface area contributed by atoms with Gasteiger partial charge in [-0.15, -0.1) is 11.3 Å². The van der Waals surface area contributed by atoms with E-state index in [1.165, 1.54) is 11.3 Å². The van der Waals surface area contributed by atoms with Gasteiger partial charge in [0, 0.05) is 11.6 Å². The number of aromatic nitrogens is 1. The highest BCUT2D eigenvalue weighted by molar-refractivity contribution is 7.91. The molecule has 1 aromatic heterocycles. The molecule has 3 heterocycles. The summed E-state index contributed by atoms with van der Waals surface area (Å²) in [6, 6.07) is -0.176. The standard InChI is InChI=1S/C8H9N3O2S3/c12-16(13)3-5-6(4-16)11(7(14)10-5)8-9-1-2-15-8/h1-2,5-6H,3-4H2,(H,10,14)/t5-,6-/m1/s1. The highest BCUT2D eigenvalue weighted by Crippen LogP contribution is 2.30. The number of thiocarbonyl (C=S) groups is 1. The summed E-state index contributed by atoms with van der Waals surface area (Å²) in [4.78, 5) is 6.01. The van der Waals surface area contributed by atoms with Gasteiger partial charge in [0.15, 0.2) is 20.1 Å². The van der Waals surface area contributed by atoms with Gasteiger partial charge in [-0.25, -0.2) is 13.4 Å². The molecule has 5 nitrogen and oxygen atoms in total. The lowest BCUT2D eigenvalue weighted by atomic mass is 10.2. The summed E-state index contributed by atoms with van der Waals surface area (Å²) in [5.74, 6) is 0.323. The van der Waals surface area contributed by atoms with Gasteiger partial charge in [0.05, 0.1) is 23.6 Å². The highest BCUT2D eigenvalue weighted by atomic mass is 32.2. The maximum absolute atomic E-state index is 11.5. The molecule has 3 rings (SSSR count). The number of sulfone groups is 1. The van der Waals surface area contributed by atoms with Gasteiger partial charge in [0.2, 0.25) is 0 Å². The number of anilines is 1. The van der Waals surface area contributed by atoms with E-state index in [1.54, 1.807) is 6.20 Å². The Kier molecular flexibility index (Phi) is 2.20. The molecule has 0 amide bonds. The third kappa shape index (κ3) is 1.52. The third-order valence-corrected chi connectivity index (χ3v) is 5.61. The molecule has 1 N–H and O–H groups in total. The fourth-order valence-electron chi connectivity index (χ4n) is 2.16. The second kappa shape index (κ2) is 3.38. The summed E-state index contributed by atoms with van der Waals surface area (Å²) in [5, 5.41) is 6.26. The fourth-order valence-corrected chi connectivity index (χ4v) is 5.19. The SMILES string of the molecule is O=S1(=O)C[C@@H]2[C@@H](C1)NC(=S)N2c1nccs1. The highest BCUT2D eigenvalue weighted by Gasteiger charge is 2.48. The maximum atomic E-state index is 11.5. The lowest BCUT2D eigenvalue weighted by molar-refractivity contribution is 0.600. The van der Waals surface area contributed by atoms with Crippen LogP contribution in [0.25, 0.3) is 0 Å². The largest absolute Gasteiger partial charge is 0.356 e. The Bertz CT molecular complexity index is 525. The first-order valence-corrected chi connectivity index (χ1v) is 7.87. The number of fused-ring (bicyclic) bond motifs is 1. The van der Waals surface area contributed by atoms with Crippen LogP contribution in [0.2, 0.25) is 0 Å². The molecule has 2 fully saturated rings. The Morgan fingerprint density at radius 2 is 2.38 bits per heavy atom. The lowest BCUT2D eigenvalue weighted by Crippen LogP contribution is -2.36. The molecule has 1 aromatic rings. The van der Waals surface area contributed by atoms with Crippen LogP contribution in [0.15, 0.2) is 11.6 Å². The fraction of sp³-hybridized carbons (Fsp3) is 0.500. The average Bonchev–Trinajstić information content (AvgIpc) is 2.79. The Morgan fingerprint density at radius 3 is 3.06 bits per heavy atom. The lowest BCUT2D eigenvalue weighted by Gasteiger charge is -2.19. The summed E-state index contributed by atoms with van der Waals surface area (Å²) in [6.45, 7) is 0. The quantitative estimate of drug-likeness (QED) is 0.728. The zero-order valence-electron chi connectivity index (χ0n) is 8.16. The monoisotopic (exact) mass is 275 g/mol. The molecule has 16 heavy (non-hydrogen) atoms. The molecule has 0 aromatic carbocycles. The molecule has 2 aliphatic rings. The van der Waals surface area contributed by atoms with Crippen LogP contribution in [0, 0.1) is 0 Å². The summed E-state index contributed by atoms with van der Waals surface area (Å²) >= 11 is 6.67. The maximum Gasteiger partial charge on any atom is 0.191 e. The number of hydrogen-bond acceptors (Lipinski definition) is 5. The number of rotatable bonds is 1. The zero-order valence-corrected chi connectivity index (χ0v) is 10.6. The van der Waals surface area contributed by atoms with Crippen LogP contribution >= 0.6 is 23.6 Å². The van der Waals surface area contributed by atoms with E-state index in [2.05, 4.69) is 10.3 Å². The normalized spacial score (nSPS) is 31.5. The molecule has 0 saturated carbocycles. The first-order valence-electron chi connectivity index (χ1n) is 4.76. The van der Waals surface area contributed by atoms with E-state index in [4.69, 9.17) is 12.2 Å². The molecule has 2 atom stereocenters. The van der Waals surface area contributed by atoms with Crippen molar-refractivity contribution in [1.82, 2.24) is 10.3 Å². The van der Waals surface area contributed by atoms with E-state index in [-0.39, 0.29) is 23.6 Å². The van der Waals surface area contributed by atoms with E-state index < -0.39 is 9.84 Å². The molecular weight excluding hydrogens is 266 g/mol. The van der Waals surface area contributed by atoms with Crippen LogP contribution in [0.5, 0.6) is 0 Å². The molecule has 0 aliphatic carbocycles. The Balaban J connectivity index is 1.98. The van der Waals surface area contributed by atoms with Crippen LogP contribution in [0.4, 0.5) is 5.13 Å². The van der Waals surface area contributed by atoms with Crippen LogP contribution in [0.3, 0.4) is 0 Å². The van der Waals surface area contributed by atoms with Crippen molar-refractivity contribution in [2.45, 2.75) is 12.1 Å². The van der Waals surface area contributed by atoms with Crippen LogP contribution in [-0.4, -0.2) is 42.1 Å². The number of thiazole rings is 1. The van der Waals surface area contributed by atoms with Gasteiger partial charge in [-0.05, 0) is 12.2 Å². The summed E-state index contributed by atoms with van der Waals surface area (Å²) < 4.78 is 23.1. The van der Waals surface area contributed by atoms with Gasteiger partial charge in [0.25, 0.3) is 0 Å². The zero-order chi connectivity index (χ0) is 11.3. The minimum absolute atomic E-state index is 0.0820. The van der Waals surface area contributed by atoms with E-state index >= 15 is 0 Å². The van der Waals surface area contributed by atoms with E-state index in [9.17, 15) is 8.42 Å². The molecule has 0 bridgehead atoms. The molecule has 2 aliphatic heterocycles. The second-order valence-corrected chi connectivity index (χ2v) is 7.30. The molecule has 0 spiro atoms. The van der Waals surface area contributed by atoms with Gasteiger partial charge >= 0.3 is 0 Å². The minimum atomic E-state index is -2.94. The van der Waals surface area contributed by atoms with Crippen molar-refractivity contribution in [1.29, 1.82) is 0 Å². The van der Waals surface area contributed by atoms with Crippen molar-refractivity contribution in [3.8, 4) is 0 Å². The topological polar surface area (TPSA) is 62.3 Å². The van der Waals surface area contributed by atoms with Crippen LogP contribution in [0.1, 0.15) is 0 Å². The van der Waals surface area contributed by atoms with E-state index in [0.717, 1.165) is 5.13 Å². The average molecular weight is 275 g/mol. The minimum Gasteiger partial charge on any atom is -0.356 e. The summed E-state index contributed by atoms with van der Waals surface area (Å²) in [7, 11) is -2.94. The molecular formula is C8H9N3O2S3. The molecule has 0 unspecified atom stereocenters. The van der Waals surface area contributed by atoms with Crippen molar-refractivity contribution in [2.24, 2.45) is 0 Å². The van der Waals surface area contributed by atoms with Gasteiger partial charge in [0.1, 0.15) is 0 Å². The van der Waals surface area contributed by atoms with Gasteiger partial charge in [-0.3, -0.25) is 4.90 Å². The molecule has 0 radical (unpaired) electrons. The Morgan fingerprint density at radius 1 is 1.56 bits per heavy atom. The molecule has 8 heteroatoms. The smallest absolute Gasteiger partial charge is 0.191 e. The number of hydrogen-bond donors (Lipinski definition) is 1. The van der Waals surface area contributed by atoms with Crippen molar-refractivity contribution < 1.29 is 8.42 Å². The Labute approximate surface area is 102 Å². The Hall–Kier alpha value is -0.730. The third-order valence-electron chi connectivity index (χ3n) is 2.81. The van der Waals surface area contributed by atoms with E-state index in [0.29, 0.717) is 5.11 Å². The second-order valence-electron chi connectivity index (χ2n) is 3.88. The predicted octanol–water partition coefficient (Wildman–Crippen LogP) is 0.00320. The van der Waals surface area contributed by atoms with Crippen molar-refractivity contribution in [2.75, 3.05) is 16.4 Å². The van der Waals surface area contributed by atoms with Crippen molar-refractivity contribution in [3.63, 3.8) is 0 Å². The summed E-state index contributed by atoms with van der Waals surface area (Å²) in [5.41, 5.74) is 0. The summed E-state index contributed by atoms with van der Waals surface area (Å²) in [6.07, 6.45) is 1.69. The number of nitrogens with zero attached hydrogens (tertiary/aromatic N) is 2. The van der Waals surface area contributed by atoms with E-state index in [1.807, 2.05) is 10.3 Å². The molecule has 2 saturated heterocycles. The number of nitrogens with one attached hydrogen (secondary N) is 1. The predicted molar refractivity (Wildman–Crippen MR) is 66.6 cm³/mol. The first-order chi connectivity index (χ1) is 7.57. The van der Waals surface area contributed by atoms with Crippen molar-refractivity contribution >= 4 is 43.6 Å². The molecule has 86 valence electrons.